The van der Waals surface area contributed by atoms with Gasteiger partial charge in [0.15, 0.2) is 0 Å². The van der Waals surface area contributed by atoms with E-state index in [9.17, 15) is 9.90 Å². The van der Waals surface area contributed by atoms with Crippen LogP contribution in [-0.2, 0) is 11.3 Å². The van der Waals surface area contributed by atoms with Gasteiger partial charge in [-0.1, -0.05) is 0 Å². The van der Waals surface area contributed by atoms with E-state index in [4.69, 9.17) is 4.74 Å². The number of rotatable bonds is 4. The Labute approximate surface area is 99.4 Å². The predicted molar refractivity (Wildman–Crippen MR) is 62.9 cm³/mol. The van der Waals surface area contributed by atoms with E-state index < -0.39 is 5.97 Å². The van der Waals surface area contributed by atoms with Crippen molar-refractivity contribution in [1.82, 2.24) is 4.57 Å². The molecule has 0 saturated carbocycles. The molecule has 1 aromatic carbocycles. The van der Waals surface area contributed by atoms with Crippen LogP contribution in [0.4, 0.5) is 0 Å². The van der Waals surface area contributed by atoms with Crippen LogP contribution >= 0.6 is 0 Å². The molecule has 0 atom stereocenters. The van der Waals surface area contributed by atoms with Crippen LogP contribution in [0.15, 0.2) is 24.3 Å². The van der Waals surface area contributed by atoms with Gasteiger partial charge in [-0.05, 0) is 38.1 Å². The quantitative estimate of drug-likeness (QED) is 0.793. The zero-order chi connectivity index (χ0) is 12.4. The fraction of sp³-hybridized carbons (Fsp3) is 0.308. The normalized spacial score (nSPS) is 10.7. The summed E-state index contributed by atoms with van der Waals surface area (Å²) in [4.78, 5) is 10.7. The van der Waals surface area contributed by atoms with Gasteiger partial charge in [0.25, 0.3) is 0 Å². The number of carbonyl (C=O) groups is 1. The molecule has 0 aliphatic carbocycles. The number of hydrogen-bond donors (Lipinski definition) is 0. The largest absolute Gasteiger partial charge is 0.548 e. The molecule has 0 spiro atoms. The van der Waals surface area contributed by atoms with Crippen LogP contribution in [0, 0.1) is 6.92 Å². The second-order valence-electron chi connectivity index (χ2n) is 3.90. The fourth-order valence-electron chi connectivity index (χ4n) is 1.98. The van der Waals surface area contributed by atoms with Crippen LogP contribution < -0.4 is 9.84 Å². The van der Waals surface area contributed by atoms with Gasteiger partial charge in [0.1, 0.15) is 5.75 Å². The van der Waals surface area contributed by atoms with Gasteiger partial charge < -0.3 is 19.2 Å². The molecular formula is C13H14NO3-. The first-order chi connectivity index (χ1) is 8.11. The van der Waals surface area contributed by atoms with Crippen molar-refractivity contribution in [2.24, 2.45) is 0 Å². The molecule has 2 aromatic rings. The Morgan fingerprint density at radius 2 is 2.18 bits per heavy atom. The van der Waals surface area contributed by atoms with E-state index in [2.05, 4.69) is 0 Å². The molecule has 0 unspecified atom stereocenters. The number of carboxylic acid groups (broad SMARTS) is 1. The molecule has 1 aromatic heterocycles. The highest BCUT2D eigenvalue weighted by Gasteiger charge is 2.06. The number of aliphatic carboxylic acids is 1. The minimum absolute atomic E-state index is 0.122. The van der Waals surface area contributed by atoms with Crippen molar-refractivity contribution in [1.29, 1.82) is 0 Å². The number of carbonyl (C=O) groups excluding carboxylic acids is 1. The van der Waals surface area contributed by atoms with Gasteiger partial charge in [-0.2, -0.15) is 0 Å². The lowest BCUT2D eigenvalue weighted by molar-refractivity contribution is -0.306. The van der Waals surface area contributed by atoms with E-state index in [0.29, 0.717) is 6.61 Å². The van der Waals surface area contributed by atoms with Gasteiger partial charge in [-0.25, -0.2) is 0 Å². The SMILES string of the molecule is CCOc1ccc2c(c1)cc(C)n2CC(=O)[O-]. The standard InChI is InChI=1S/C13H15NO3/c1-3-17-11-4-5-12-10(7-11)6-9(2)14(12)8-13(15)16/h4-7H,3,8H2,1-2H3,(H,15,16)/p-1. The third-order valence-electron chi connectivity index (χ3n) is 2.68. The first-order valence-electron chi connectivity index (χ1n) is 5.54. The molecule has 0 radical (unpaired) electrons. The Morgan fingerprint density at radius 3 is 2.82 bits per heavy atom. The van der Waals surface area contributed by atoms with Crippen LogP contribution in [0.3, 0.4) is 0 Å². The van der Waals surface area contributed by atoms with Crippen LogP contribution in [0.25, 0.3) is 10.9 Å². The maximum absolute atomic E-state index is 10.7. The molecule has 90 valence electrons. The Morgan fingerprint density at radius 1 is 1.41 bits per heavy atom. The first-order valence-corrected chi connectivity index (χ1v) is 5.54. The fourth-order valence-corrected chi connectivity index (χ4v) is 1.98. The lowest BCUT2D eigenvalue weighted by atomic mass is 10.2. The molecule has 0 aliphatic rings. The van der Waals surface area contributed by atoms with Crippen molar-refractivity contribution in [2.45, 2.75) is 20.4 Å². The molecule has 4 nitrogen and oxygen atoms in total. The third-order valence-corrected chi connectivity index (χ3v) is 2.68. The van der Waals surface area contributed by atoms with E-state index in [1.165, 1.54) is 0 Å². The molecule has 2 rings (SSSR count). The average molecular weight is 232 g/mol. The third kappa shape index (κ3) is 2.25. The summed E-state index contributed by atoms with van der Waals surface area (Å²) < 4.78 is 7.13. The maximum atomic E-state index is 10.7. The molecule has 0 aliphatic heterocycles. The van der Waals surface area contributed by atoms with E-state index in [1.54, 1.807) is 4.57 Å². The topological polar surface area (TPSA) is 54.3 Å². The number of ether oxygens (including phenoxy) is 1. The summed E-state index contributed by atoms with van der Waals surface area (Å²) in [5.74, 6) is -0.287. The summed E-state index contributed by atoms with van der Waals surface area (Å²) in [5.41, 5.74) is 1.79. The Balaban J connectivity index is 2.48. The number of aromatic nitrogens is 1. The molecule has 0 saturated heterocycles. The number of carboxylic acids is 1. The highest BCUT2D eigenvalue weighted by Crippen LogP contribution is 2.24. The van der Waals surface area contributed by atoms with Gasteiger partial charge in [0, 0.05) is 16.6 Å². The number of aryl methyl sites for hydroxylation is 1. The van der Waals surface area contributed by atoms with E-state index >= 15 is 0 Å². The molecule has 1 heterocycles. The maximum Gasteiger partial charge on any atom is 0.120 e. The van der Waals surface area contributed by atoms with Gasteiger partial charge >= 0.3 is 0 Å². The molecule has 0 fully saturated rings. The van der Waals surface area contributed by atoms with E-state index in [-0.39, 0.29) is 6.54 Å². The number of fused-ring (bicyclic) bond motifs is 1. The second-order valence-corrected chi connectivity index (χ2v) is 3.90. The molecular weight excluding hydrogens is 218 g/mol. The summed E-state index contributed by atoms with van der Waals surface area (Å²) in [6.45, 7) is 4.30. The van der Waals surface area contributed by atoms with Crippen LogP contribution in [0.2, 0.25) is 0 Å². The van der Waals surface area contributed by atoms with Gasteiger partial charge in [-0.15, -0.1) is 0 Å². The van der Waals surface area contributed by atoms with Crippen LogP contribution in [-0.4, -0.2) is 17.1 Å². The van der Waals surface area contributed by atoms with Crippen molar-refractivity contribution in [3.05, 3.63) is 30.0 Å². The Hall–Kier alpha value is -1.97. The Kier molecular flexibility index (Phi) is 3.04. The summed E-state index contributed by atoms with van der Waals surface area (Å²) in [6, 6.07) is 7.58. The molecule has 4 heteroatoms. The molecule has 0 bridgehead atoms. The lowest BCUT2D eigenvalue weighted by Gasteiger charge is -2.09. The van der Waals surface area contributed by atoms with E-state index in [0.717, 1.165) is 22.3 Å². The minimum atomic E-state index is -1.08. The van der Waals surface area contributed by atoms with Crippen molar-refractivity contribution in [2.75, 3.05) is 6.61 Å². The number of hydrogen-bond acceptors (Lipinski definition) is 3. The van der Waals surface area contributed by atoms with Crippen molar-refractivity contribution < 1.29 is 14.6 Å². The van der Waals surface area contributed by atoms with E-state index in [1.807, 2.05) is 38.1 Å². The highest BCUT2D eigenvalue weighted by atomic mass is 16.5. The van der Waals surface area contributed by atoms with Crippen LogP contribution in [0.1, 0.15) is 12.6 Å². The van der Waals surface area contributed by atoms with Gasteiger partial charge in [-0.3, -0.25) is 0 Å². The summed E-state index contributed by atoms with van der Waals surface area (Å²) in [7, 11) is 0. The lowest BCUT2D eigenvalue weighted by Crippen LogP contribution is -2.27. The molecule has 0 amide bonds. The summed E-state index contributed by atoms with van der Waals surface area (Å²) in [5, 5.41) is 11.7. The number of nitrogens with zero attached hydrogens (tertiary/aromatic N) is 1. The van der Waals surface area contributed by atoms with Gasteiger partial charge in [0.2, 0.25) is 0 Å². The van der Waals surface area contributed by atoms with Crippen LogP contribution in [0.5, 0.6) is 5.75 Å². The average Bonchev–Trinajstić information content (AvgIpc) is 2.55. The summed E-state index contributed by atoms with van der Waals surface area (Å²) in [6.07, 6.45) is 0. The Bertz CT molecular complexity index is 557. The first kappa shape index (κ1) is 11.5. The minimum Gasteiger partial charge on any atom is -0.548 e. The zero-order valence-electron chi connectivity index (χ0n) is 9.90. The smallest absolute Gasteiger partial charge is 0.120 e. The monoisotopic (exact) mass is 232 g/mol. The predicted octanol–water partition coefficient (Wildman–Crippen LogP) is 1.10. The molecule has 17 heavy (non-hydrogen) atoms. The second kappa shape index (κ2) is 4.49. The molecule has 0 N–H and O–H groups in total. The highest BCUT2D eigenvalue weighted by molar-refractivity contribution is 5.84. The number of benzene rings is 1. The zero-order valence-corrected chi connectivity index (χ0v) is 9.90. The van der Waals surface area contributed by atoms with Gasteiger partial charge in [0.05, 0.1) is 19.1 Å². The van der Waals surface area contributed by atoms with Crippen molar-refractivity contribution in [3.63, 3.8) is 0 Å². The van der Waals surface area contributed by atoms with Crippen molar-refractivity contribution >= 4 is 16.9 Å². The summed E-state index contributed by atoms with van der Waals surface area (Å²) >= 11 is 0. The van der Waals surface area contributed by atoms with Crippen molar-refractivity contribution in [3.8, 4) is 5.75 Å².